The van der Waals surface area contributed by atoms with E-state index in [1.165, 1.54) is 7.05 Å². The molecular formula is C10H20N4O2S. The van der Waals surface area contributed by atoms with Gasteiger partial charge in [0.25, 0.3) is 0 Å². The Morgan fingerprint density at radius 3 is 2.65 bits per heavy atom. The van der Waals surface area contributed by atoms with Gasteiger partial charge in [-0.15, -0.1) is 0 Å². The van der Waals surface area contributed by atoms with Crippen molar-refractivity contribution < 1.29 is 8.42 Å². The van der Waals surface area contributed by atoms with Crippen LogP contribution in [0.25, 0.3) is 0 Å². The Labute approximate surface area is 102 Å². The number of aromatic nitrogens is 2. The lowest BCUT2D eigenvalue weighted by Crippen LogP contribution is -2.31. The Hall–Kier alpha value is -0.920. The topological polar surface area (TPSA) is 76.0 Å². The monoisotopic (exact) mass is 260 g/mol. The highest BCUT2D eigenvalue weighted by Gasteiger charge is 2.12. The first-order valence-corrected chi connectivity index (χ1v) is 7.15. The quantitative estimate of drug-likeness (QED) is 0.750. The minimum Gasteiger partial charge on any atom is -0.309 e. The fourth-order valence-electron chi connectivity index (χ4n) is 1.66. The lowest BCUT2D eigenvalue weighted by Gasteiger charge is -2.12. The van der Waals surface area contributed by atoms with Gasteiger partial charge in [-0.1, -0.05) is 0 Å². The molecule has 0 radical (unpaired) electrons. The number of sulfonamides is 1. The van der Waals surface area contributed by atoms with Crippen LogP contribution in [0.15, 0.2) is 6.20 Å². The largest absolute Gasteiger partial charge is 0.309 e. The van der Waals surface area contributed by atoms with E-state index in [9.17, 15) is 8.42 Å². The molecule has 0 fully saturated rings. The van der Waals surface area contributed by atoms with Crippen molar-refractivity contribution in [2.75, 3.05) is 19.3 Å². The maximum absolute atomic E-state index is 11.2. The van der Waals surface area contributed by atoms with Crippen LogP contribution in [0.5, 0.6) is 0 Å². The molecule has 0 spiro atoms. The summed E-state index contributed by atoms with van der Waals surface area (Å²) in [5, 5.41) is 7.42. The molecule has 0 aromatic carbocycles. The minimum absolute atomic E-state index is 0.0765. The van der Waals surface area contributed by atoms with Gasteiger partial charge in [-0.05, 0) is 20.9 Å². The van der Waals surface area contributed by atoms with Crippen molar-refractivity contribution >= 4 is 10.0 Å². The Morgan fingerprint density at radius 2 is 2.18 bits per heavy atom. The molecular weight excluding hydrogens is 240 g/mol. The van der Waals surface area contributed by atoms with Gasteiger partial charge in [0.05, 0.1) is 11.4 Å². The molecule has 1 rings (SSSR count). The predicted molar refractivity (Wildman–Crippen MR) is 67.2 cm³/mol. The average Bonchev–Trinajstić information content (AvgIpc) is 2.57. The minimum atomic E-state index is -3.14. The number of hydrogen-bond donors (Lipinski definition) is 2. The molecule has 1 aromatic heterocycles. The van der Waals surface area contributed by atoms with Crippen molar-refractivity contribution in [2.24, 2.45) is 7.05 Å². The van der Waals surface area contributed by atoms with E-state index < -0.39 is 10.0 Å². The van der Waals surface area contributed by atoms with Crippen LogP contribution in [-0.2, 0) is 17.1 Å². The zero-order valence-corrected chi connectivity index (χ0v) is 11.5. The molecule has 1 aromatic rings. The molecule has 1 atom stereocenters. The van der Waals surface area contributed by atoms with Gasteiger partial charge in [0.1, 0.15) is 0 Å². The van der Waals surface area contributed by atoms with Crippen molar-refractivity contribution in [1.82, 2.24) is 19.8 Å². The summed E-state index contributed by atoms with van der Waals surface area (Å²) in [6.45, 7) is 4.35. The highest BCUT2D eigenvalue weighted by atomic mass is 32.2. The van der Waals surface area contributed by atoms with Gasteiger partial charge in [0.15, 0.2) is 0 Å². The molecule has 17 heavy (non-hydrogen) atoms. The molecule has 0 aliphatic rings. The van der Waals surface area contributed by atoms with Crippen LogP contribution in [0.2, 0.25) is 0 Å². The van der Waals surface area contributed by atoms with Gasteiger partial charge in [0, 0.05) is 31.4 Å². The fraction of sp³-hybridized carbons (Fsp3) is 0.700. The normalized spacial score (nSPS) is 13.9. The molecule has 7 heteroatoms. The van der Waals surface area contributed by atoms with Crippen molar-refractivity contribution in [3.8, 4) is 0 Å². The van der Waals surface area contributed by atoms with Gasteiger partial charge in [-0.3, -0.25) is 4.68 Å². The summed E-state index contributed by atoms with van der Waals surface area (Å²) < 4.78 is 26.5. The van der Waals surface area contributed by atoms with E-state index in [1.807, 2.05) is 27.1 Å². The van der Waals surface area contributed by atoms with E-state index in [1.54, 1.807) is 4.68 Å². The molecule has 0 saturated carbocycles. The second kappa shape index (κ2) is 5.61. The smallest absolute Gasteiger partial charge is 0.212 e. The molecule has 1 heterocycles. The molecule has 0 bridgehead atoms. The molecule has 98 valence electrons. The molecule has 6 nitrogen and oxygen atoms in total. The van der Waals surface area contributed by atoms with Crippen molar-refractivity contribution in [3.63, 3.8) is 0 Å². The van der Waals surface area contributed by atoms with Crippen molar-refractivity contribution in [1.29, 1.82) is 0 Å². The summed E-state index contributed by atoms with van der Waals surface area (Å²) in [6, 6.07) is 0.0933. The summed E-state index contributed by atoms with van der Waals surface area (Å²) in [5.74, 6) is 0.0765. The van der Waals surface area contributed by atoms with Crippen LogP contribution < -0.4 is 10.0 Å². The average molecular weight is 260 g/mol. The number of aryl methyl sites for hydroxylation is 2. The summed E-state index contributed by atoms with van der Waals surface area (Å²) in [4.78, 5) is 0. The third-order valence-electron chi connectivity index (χ3n) is 2.65. The zero-order chi connectivity index (χ0) is 13.1. The molecule has 2 N–H and O–H groups in total. The maximum Gasteiger partial charge on any atom is 0.212 e. The SMILES string of the molecule is CNS(=O)(=O)CCNC(C)c1cn(C)nc1C. The number of nitrogens with one attached hydrogen (secondary N) is 2. The summed E-state index contributed by atoms with van der Waals surface area (Å²) >= 11 is 0. The molecule has 0 aliphatic heterocycles. The molecule has 1 unspecified atom stereocenters. The van der Waals surface area contributed by atoms with E-state index >= 15 is 0 Å². The Balaban J connectivity index is 2.51. The first-order valence-electron chi connectivity index (χ1n) is 5.50. The third-order valence-corrected chi connectivity index (χ3v) is 4.01. The summed E-state index contributed by atoms with van der Waals surface area (Å²) in [6.07, 6.45) is 1.94. The molecule has 0 aliphatic carbocycles. The van der Waals surface area contributed by atoms with Crippen LogP contribution >= 0.6 is 0 Å². The summed E-state index contributed by atoms with van der Waals surface area (Å²) in [5.41, 5.74) is 2.05. The van der Waals surface area contributed by atoms with Gasteiger partial charge in [-0.2, -0.15) is 5.10 Å². The van der Waals surface area contributed by atoms with Crippen LogP contribution in [0.3, 0.4) is 0 Å². The maximum atomic E-state index is 11.2. The standard InChI is InChI=1S/C10H20N4O2S/c1-8(10-7-14(4)13-9(10)2)12-5-6-17(15,16)11-3/h7-8,11-12H,5-6H2,1-4H3. The summed E-state index contributed by atoms with van der Waals surface area (Å²) in [7, 11) is 0.155. The molecule has 0 amide bonds. The van der Waals surface area contributed by atoms with Crippen LogP contribution in [0.4, 0.5) is 0 Å². The van der Waals surface area contributed by atoms with Gasteiger partial charge in [-0.25, -0.2) is 13.1 Å². The third kappa shape index (κ3) is 4.10. The van der Waals surface area contributed by atoms with E-state index in [-0.39, 0.29) is 11.8 Å². The zero-order valence-electron chi connectivity index (χ0n) is 10.7. The number of nitrogens with zero attached hydrogens (tertiary/aromatic N) is 2. The second-order valence-electron chi connectivity index (χ2n) is 4.04. The Kier molecular flexibility index (Phi) is 4.67. The van der Waals surface area contributed by atoms with E-state index in [2.05, 4.69) is 15.1 Å². The highest BCUT2D eigenvalue weighted by molar-refractivity contribution is 7.89. The second-order valence-corrected chi connectivity index (χ2v) is 6.09. The lowest BCUT2D eigenvalue weighted by molar-refractivity contribution is 0.566. The van der Waals surface area contributed by atoms with Gasteiger partial charge < -0.3 is 5.32 Å². The van der Waals surface area contributed by atoms with Crippen LogP contribution in [-0.4, -0.2) is 37.5 Å². The molecule has 0 saturated heterocycles. The fourth-order valence-corrected chi connectivity index (χ4v) is 2.26. The van der Waals surface area contributed by atoms with E-state index in [4.69, 9.17) is 0 Å². The first-order chi connectivity index (χ1) is 7.85. The number of rotatable bonds is 6. The first kappa shape index (κ1) is 14.1. The van der Waals surface area contributed by atoms with E-state index in [0.29, 0.717) is 6.54 Å². The number of hydrogen-bond acceptors (Lipinski definition) is 4. The van der Waals surface area contributed by atoms with Crippen LogP contribution in [0, 0.1) is 6.92 Å². The highest BCUT2D eigenvalue weighted by Crippen LogP contribution is 2.14. The predicted octanol–water partition coefficient (Wildman–Crippen LogP) is -0.0717. The Bertz CT molecular complexity index is 467. The van der Waals surface area contributed by atoms with Gasteiger partial charge >= 0.3 is 0 Å². The van der Waals surface area contributed by atoms with Crippen molar-refractivity contribution in [2.45, 2.75) is 19.9 Å². The van der Waals surface area contributed by atoms with Crippen molar-refractivity contribution in [3.05, 3.63) is 17.5 Å². The van der Waals surface area contributed by atoms with Gasteiger partial charge in [0.2, 0.25) is 10.0 Å². The lowest BCUT2D eigenvalue weighted by atomic mass is 10.1. The van der Waals surface area contributed by atoms with Crippen LogP contribution in [0.1, 0.15) is 24.2 Å². The Morgan fingerprint density at radius 1 is 1.53 bits per heavy atom. The van der Waals surface area contributed by atoms with E-state index in [0.717, 1.165) is 11.3 Å².